The lowest BCUT2D eigenvalue weighted by molar-refractivity contribution is -0.145. The van der Waals surface area contributed by atoms with Gasteiger partial charge in [0.2, 0.25) is 5.91 Å². The van der Waals surface area contributed by atoms with Crippen LogP contribution in [0.3, 0.4) is 0 Å². The summed E-state index contributed by atoms with van der Waals surface area (Å²) in [4.78, 5) is 23.2. The molecule has 0 radical (unpaired) electrons. The number of methoxy groups -OCH3 is 1. The summed E-state index contributed by atoms with van der Waals surface area (Å²) >= 11 is 0. The molecule has 104 valence electrons. The number of rotatable bonds is 8. The summed E-state index contributed by atoms with van der Waals surface area (Å²) < 4.78 is 4.69. The van der Waals surface area contributed by atoms with Gasteiger partial charge in [0.25, 0.3) is 0 Å². The van der Waals surface area contributed by atoms with E-state index in [9.17, 15) is 9.59 Å². The average Bonchev–Trinajstić information content (AvgIpc) is 2.32. The minimum atomic E-state index is -0.540. The van der Waals surface area contributed by atoms with Crippen molar-refractivity contribution in [3.63, 3.8) is 0 Å². The molecule has 0 aromatic rings. The normalized spacial score (nSPS) is 12.7. The number of allylic oxidation sites excluding steroid dienone is 1. The Labute approximate surface area is 110 Å². The van der Waals surface area contributed by atoms with Gasteiger partial charge in [0.15, 0.2) is 0 Å². The van der Waals surface area contributed by atoms with Crippen LogP contribution >= 0.6 is 0 Å². The number of hydrogen-bond acceptors (Lipinski definition) is 3. The number of ether oxygens (including phenoxy) is 1. The van der Waals surface area contributed by atoms with Crippen LogP contribution in [-0.4, -0.2) is 25.0 Å². The first kappa shape index (κ1) is 16.7. The van der Waals surface area contributed by atoms with Crippen molar-refractivity contribution < 1.29 is 14.3 Å². The summed E-state index contributed by atoms with van der Waals surface area (Å²) in [6, 6.07) is -0.540. The Kier molecular flexibility index (Phi) is 8.97. The predicted octanol–water partition coefficient (Wildman–Crippen LogP) is 2.44. The Morgan fingerprint density at radius 2 is 1.94 bits per heavy atom. The van der Waals surface area contributed by atoms with Gasteiger partial charge >= 0.3 is 5.97 Å². The Morgan fingerprint density at radius 3 is 2.44 bits per heavy atom. The van der Waals surface area contributed by atoms with Crippen LogP contribution < -0.4 is 5.32 Å². The molecule has 18 heavy (non-hydrogen) atoms. The van der Waals surface area contributed by atoms with E-state index in [2.05, 4.69) is 17.0 Å². The smallest absolute Gasteiger partial charge is 0.328 e. The summed E-state index contributed by atoms with van der Waals surface area (Å²) in [6.07, 6.45) is 6.76. The number of unbranched alkanes of at least 4 members (excludes halogenated alkanes) is 1. The van der Waals surface area contributed by atoms with Gasteiger partial charge in [0, 0.05) is 6.42 Å². The number of hydrogen-bond donors (Lipinski definition) is 1. The van der Waals surface area contributed by atoms with Gasteiger partial charge in [-0.1, -0.05) is 39.3 Å². The Morgan fingerprint density at radius 1 is 1.28 bits per heavy atom. The van der Waals surface area contributed by atoms with E-state index in [0.717, 1.165) is 12.8 Å². The molecule has 4 heteroatoms. The van der Waals surface area contributed by atoms with Crippen molar-refractivity contribution in [1.29, 1.82) is 0 Å². The van der Waals surface area contributed by atoms with Crippen LogP contribution in [-0.2, 0) is 14.3 Å². The van der Waals surface area contributed by atoms with Crippen molar-refractivity contribution in [2.45, 2.75) is 52.5 Å². The van der Waals surface area contributed by atoms with Crippen LogP contribution in [0.15, 0.2) is 12.2 Å². The molecule has 0 unspecified atom stereocenters. The van der Waals surface area contributed by atoms with Crippen molar-refractivity contribution in [1.82, 2.24) is 5.32 Å². The standard InChI is InChI=1S/C14H25NO3/c1-5-6-7-8-9-13(16)15-12(10-11(2)3)14(17)18-4/h7-8,11-12H,5-6,9-10H2,1-4H3,(H,15,16)/b8-7+/t12-/m0/s1. The fourth-order valence-electron chi connectivity index (χ4n) is 1.56. The zero-order valence-corrected chi connectivity index (χ0v) is 11.9. The summed E-state index contributed by atoms with van der Waals surface area (Å²) in [7, 11) is 1.34. The van der Waals surface area contributed by atoms with E-state index in [1.54, 1.807) is 0 Å². The minimum Gasteiger partial charge on any atom is -0.467 e. The molecule has 1 amide bonds. The summed E-state index contributed by atoms with van der Waals surface area (Å²) in [5, 5.41) is 2.71. The van der Waals surface area contributed by atoms with Gasteiger partial charge in [-0.05, 0) is 18.8 Å². The van der Waals surface area contributed by atoms with Gasteiger partial charge in [0.05, 0.1) is 7.11 Å². The van der Waals surface area contributed by atoms with Gasteiger partial charge < -0.3 is 10.1 Å². The molecule has 0 saturated carbocycles. The first-order chi connectivity index (χ1) is 8.51. The Hall–Kier alpha value is -1.32. The highest BCUT2D eigenvalue weighted by molar-refractivity contribution is 5.85. The quantitative estimate of drug-likeness (QED) is 0.535. The SMILES string of the molecule is CCC/C=C/CC(=O)N[C@@H](CC(C)C)C(=O)OC. The highest BCUT2D eigenvalue weighted by atomic mass is 16.5. The molecule has 0 saturated heterocycles. The highest BCUT2D eigenvalue weighted by Gasteiger charge is 2.21. The molecule has 0 aliphatic rings. The maximum atomic E-state index is 11.6. The number of carbonyl (C=O) groups is 2. The topological polar surface area (TPSA) is 55.4 Å². The van der Waals surface area contributed by atoms with E-state index in [0.29, 0.717) is 18.8 Å². The third-order valence-corrected chi connectivity index (χ3v) is 2.45. The van der Waals surface area contributed by atoms with Crippen LogP contribution in [0.1, 0.15) is 46.5 Å². The number of nitrogens with one attached hydrogen (secondary N) is 1. The Bertz CT molecular complexity index is 285. The van der Waals surface area contributed by atoms with Gasteiger partial charge in [-0.25, -0.2) is 4.79 Å². The summed E-state index contributed by atoms with van der Waals surface area (Å²) in [5.74, 6) is -0.196. The van der Waals surface area contributed by atoms with E-state index >= 15 is 0 Å². The first-order valence-corrected chi connectivity index (χ1v) is 6.53. The highest BCUT2D eigenvalue weighted by Crippen LogP contribution is 2.06. The lowest BCUT2D eigenvalue weighted by atomic mass is 10.0. The second-order valence-corrected chi connectivity index (χ2v) is 4.74. The van der Waals surface area contributed by atoms with Crippen LogP contribution in [0.2, 0.25) is 0 Å². The van der Waals surface area contributed by atoms with E-state index in [1.807, 2.05) is 26.0 Å². The second-order valence-electron chi connectivity index (χ2n) is 4.74. The van der Waals surface area contributed by atoms with E-state index in [4.69, 9.17) is 0 Å². The van der Waals surface area contributed by atoms with Crippen molar-refractivity contribution >= 4 is 11.9 Å². The molecule has 0 aromatic carbocycles. The molecule has 0 aliphatic heterocycles. The number of amides is 1. The van der Waals surface area contributed by atoms with Crippen LogP contribution in [0.4, 0.5) is 0 Å². The maximum Gasteiger partial charge on any atom is 0.328 e. The zero-order chi connectivity index (χ0) is 14.0. The van der Waals surface area contributed by atoms with Crippen molar-refractivity contribution in [2.75, 3.05) is 7.11 Å². The number of esters is 1. The van der Waals surface area contributed by atoms with Gasteiger partial charge in [-0.3, -0.25) is 4.79 Å². The molecule has 0 bridgehead atoms. The Balaban J connectivity index is 4.22. The van der Waals surface area contributed by atoms with Crippen molar-refractivity contribution in [3.05, 3.63) is 12.2 Å². The molecule has 0 fully saturated rings. The lowest BCUT2D eigenvalue weighted by Crippen LogP contribution is -2.42. The van der Waals surface area contributed by atoms with Crippen molar-refractivity contribution in [3.8, 4) is 0 Å². The van der Waals surface area contributed by atoms with Gasteiger partial charge in [0.1, 0.15) is 6.04 Å². The first-order valence-electron chi connectivity index (χ1n) is 6.53. The molecule has 0 aliphatic carbocycles. The predicted molar refractivity (Wildman–Crippen MR) is 72.1 cm³/mol. The summed E-state index contributed by atoms with van der Waals surface area (Å²) in [6.45, 7) is 6.09. The molecule has 0 aromatic heterocycles. The van der Waals surface area contributed by atoms with E-state index in [-0.39, 0.29) is 11.9 Å². The second kappa shape index (κ2) is 9.68. The number of carbonyl (C=O) groups excluding carboxylic acids is 2. The largest absolute Gasteiger partial charge is 0.467 e. The summed E-state index contributed by atoms with van der Waals surface area (Å²) in [5.41, 5.74) is 0. The fourth-order valence-corrected chi connectivity index (χ4v) is 1.56. The molecule has 0 heterocycles. The van der Waals surface area contributed by atoms with E-state index in [1.165, 1.54) is 7.11 Å². The maximum absolute atomic E-state index is 11.6. The minimum absolute atomic E-state index is 0.140. The van der Waals surface area contributed by atoms with Gasteiger partial charge in [-0.2, -0.15) is 0 Å². The molecular weight excluding hydrogens is 230 g/mol. The van der Waals surface area contributed by atoms with E-state index < -0.39 is 6.04 Å². The molecule has 1 atom stereocenters. The molecule has 0 spiro atoms. The van der Waals surface area contributed by atoms with Crippen LogP contribution in [0, 0.1) is 5.92 Å². The molecule has 1 N–H and O–H groups in total. The van der Waals surface area contributed by atoms with Crippen LogP contribution in [0.25, 0.3) is 0 Å². The molecular formula is C14H25NO3. The van der Waals surface area contributed by atoms with Gasteiger partial charge in [-0.15, -0.1) is 0 Å². The molecule has 0 rings (SSSR count). The van der Waals surface area contributed by atoms with Crippen LogP contribution in [0.5, 0.6) is 0 Å². The van der Waals surface area contributed by atoms with Crippen molar-refractivity contribution in [2.24, 2.45) is 5.92 Å². The third kappa shape index (κ3) is 7.87. The zero-order valence-electron chi connectivity index (χ0n) is 11.9. The third-order valence-electron chi connectivity index (χ3n) is 2.45. The molecule has 4 nitrogen and oxygen atoms in total. The fraction of sp³-hybridized carbons (Fsp3) is 0.714. The monoisotopic (exact) mass is 255 g/mol. The lowest BCUT2D eigenvalue weighted by Gasteiger charge is -2.17. The average molecular weight is 255 g/mol.